The van der Waals surface area contributed by atoms with Crippen LogP contribution in [0, 0.1) is 6.92 Å². The maximum absolute atomic E-state index is 3.78. The van der Waals surface area contributed by atoms with Gasteiger partial charge in [-0.25, -0.2) is 0 Å². The molecule has 0 radical (unpaired) electrons. The highest BCUT2D eigenvalue weighted by molar-refractivity contribution is 9.11. The van der Waals surface area contributed by atoms with Crippen molar-refractivity contribution in [3.05, 3.63) is 68.1 Å². The summed E-state index contributed by atoms with van der Waals surface area (Å²) in [6.45, 7) is 2.13. The van der Waals surface area contributed by atoms with Crippen LogP contribution in [0.2, 0.25) is 0 Å². The first-order valence-electron chi connectivity index (χ1n) is 5.24. The van der Waals surface area contributed by atoms with E-state index < -0.39 is 0 Å². The van der Waals surface area contributed by atoms with E-state index in [1.54, 1.807) is 0 Å². The third-order valence-electron chi connectivity index (χ3n) is 2.69. The highest BCUT2D eigenvalue weighted by Gasteiger charge is 2.15. The van der Waals surface area contributed by atoms with Crippen LogP contribution in [0.3, 0.4) is 0 Å². The molecular weight excluding hydrogens is 408 g/mol. The molecule has 3 heteroatoms. The van der Waals surface area contributed by atoms with E-state index in [0.717, 1.165) is 8.95 Å². The Kier molecular flexibility index (Phi) is 4.45. The zero-order valence-corrected chi connectivity index (χ0v) is 14.0. The van der Waals surface area contributed by atoms with E-state index in [-0.39, 0.29) is 4.83 Å². The molecule has 0 fully saturated rings. The summed E-state index contributed by atoms with van der Waals surface area (Å²) < 4.78 is 2.21. The lowest BCUT2D eigenvalue weighted by Gasteiger charge is -2.15. The Balaban J connectivity index is 2.47. The molecule has 0 bridgehead atoms. The number of benzene rings is 2. The smallest absolute Gasteiger partial charge is 0.0658 e. The molecule has 0 saturated carbocycles. The van der Waals surface area contributed by atoms with E-state index in [0.29, 0.717) is 0 Å². The average molecular weight is 419 g/mol. The van der Waals surface area contributed by atoms with Gasteiger partial charge >= 0.3 is 0 Å². The summed E-state index contributed by atoms with van der Waals surface area (Å²) in [5, 5.41) is 0. The first-order valence-corrected chi connectivity index (χ1v) is 7.74. The predicted octanol–water partition coefficient (Wildman–Crippen LogP) is 6.00. The zero-order valence-electron chi connectivity index (χ0n) is 9.25. The van der Waals surface area contributed by atoms with Gasteiger partial charge in [0.2, 0.25) is 0 Å². The van der Waals surface area contributed by atoms with Crippen molar-refractivity contribution in [1.29, 1.82) is 0 Å². The van der Waals surface area contributed by atoms with Gasteiger partial charge in [-0.1, -0.05) is 72.1 Å². The largest absolute Gasteiger partial charge is 0.0786 e. The SMILES string of the molecule is Cc1ccccc1C(Br)c1cc(Br)ccc1Br. The van der Waals surface area contributed by atoms with E-state index >= 15 is 0 Å². The Morgan fingerprint density at radius 3 is 2.35 bits per heavy atom. The highest BCUT2D eigenvalue weighted by Crippen LogP contribution is 2.37. The second kappa shape index (κ2) is 5.68. The van der Waals surface area contributed by atoms with Crippen molar-refractivity contribution in [3.63, 3.8) is 0 Å². The van der Waals surface area contributed by atoms with Crippen LogP contribution in [0.5, 0.6) is 0 Å². The van der Waals surface area contributed by atoms with Gasteiger partial charge in [0.25, 0.3) is 0 Å². The lowest BCUT2D eigenvalue weighted by molar-refractivity contribution is 1.13. The van der Waals surface area contributed by atoms with E-state index in [4.69, 9.17) is 0 Å². The molecule has 1 unspecified atom stereocenters. The van der Waals surface area contributed by atoms with Crippen molar-refractivity contribution in [2.75, 3.05) is 0 Å². The number of alkyl halides is 1. The van der Waals surface area contributed by atoms with Crippen LogP contribution in [-0.4, -0.2) is 0 Å². The van der Waals surface area contributed by atoms with Crippen LogP contribution in [0.4, 0.5) is 0 Å². The number of hydrogen-bond donors (Lipinski definition) is 0. The van der Waals surface area contributed by atoms with Gasteiger partial charge < -0.3 is 0 Å². The molecule has 0 nitrogen and oxygen atoms in total. The number of hydrogen-bond acceptors (Lipinski definition) is 0. The Morgan fingerprint density at radius 2 is 1.65 bits per heavy atom. The molecule has 0 saturated heterocycles. The second-order valence-electron chi connectivity index (χ2n) is 3.88. The van der Waals surface area contributed by atoms with Gasteiger partial charge in [-0.05, 0) is 41.8 Å². The summed E-state index contributed by atoms with van der Waals surface area (Å²) in [6.07, 6.45) is 0. The summed E-state index contributed by atoms with van der Waals surface area (Å²) in [5.41, 5.74) is 3.82. The van der Waals surface area contributed by atoms with Crippen LogP contribution < -0.4 is 0 Å². The third-order valence-corrected chi connectivity index (χ3v) is 4.89. The fourth-order valence-corrected chi connectivity index (χ4v) is 3.80. The van der Waals surface area contributed by atoms with Crippen LogP contribution in [0.1, 0.15) is 21.5 Å². The standard InChI is InChI=1S/C14H11Br3/c1-9-4-2-3-5-11(9)14(17)12-8-10(15)6-7-13(12)16/h2-8,14H,1H3. The van der Waals surface area contributed by atoms with Crippen LogP contribution in [0.15, 0.2) is 51.4 Å². The van der Waals surface area contributed by atoms with Gasteiger partial charge in [0, 0.05) is 8.95 Å². The van der Waals surface area contributed by atoms with E-state index in [9.17, 15) is 0 Å². The summed E-state index contributed by atoms with van der Waals surface area (Å²) in [6, 6.07) is 14.7. The lowest BCUT2D eigenvalue weighted by Crippen LogP contribution is -1.96. The highest BCUT2D eigenvalue weighted by atomic mass is 79.9. The third kappa shape index (κ3) is 3.01. The average Bonchev–Trinajstić information content (AvgIpc) is 2.32. The molecule has 0 N–H and O–H groups in total. The van der Waals surface area contributed by atoms with Crippen LogP contribution in [-0.2, 0) is 0 Å². The molecule has 88 valence electrons. The molecular formula is C14H11Br3. The van der Waals surface area contributed by atoms with Crippen molar-refractivity contribution in [1.82, 2.24) is 0 Å². The van der Waals surface area contributed by atoms with E-state index in [2.05, 4.69) is 91.1 Å². The quantitative estimate of drug-likeness (QED) is 0.524. The Hall–Kier alpha value is -0.120. The van der Waals surface area contributed by atoms with Crippen molar-refractivity contribution >= 4 is 47.8 Å². The minimum Gasteiger partial charge on any atom is -0.0786 e. The minimum absolute atomic E-state index is 0.204. The summed E-state index contributed by atoms with van der Waals surface area (Å²) in [7, 11) is 0. The van der Waals surface area contributed by atoms with E-state index in [1.165, 1.54) is 16.7 Å². The van der Waals surface area contributed by atoms with Crippen molar-refractivity contribution < 1.29 is 0 Å². The molecule has 2 aromatic carbocycles. The number of aryl methyl sites for hydroxylation is 1. The van der Waals surface area contributed by atoms with Crippen LogP contribution in [0.25, 0.3) is 0 Å². The predicted molar refractivity (Wildman–Crippen MR) is 83.8 cm³/mol. The van der Waals surface area contributed by atoms with Gasteiger partial charge in [0.1, 0.15) is 0 Å². The van der Waals surface area contributed by atoms with Crippen molar-refractivity contribution in [2.45, 2.75) is 11.8 Å². The Labute approximate surface area is 127 Å². The van der Waals surface area contributed by atoms with Crippen LogP contribution >= 0.6 is 47.8 Å². The normalized spacial score (nSPS) is 12.5. The fraction of sp³-hybridized carbons (Fsp3) is 0.143. The minimum atomic E-state index is 0.204. The molecule has 2 aromatic rings. The zero-order chi connectivity index (χ0) is 12.4. The van der Waals surface area contributed by atoms with Gasteiger partial charge in [-0.3, -0.25) is 0 Å². The molecule has 0 aliphatic carbocycles. The Bertz CT molecular complexity index is 535. The lowest BCUT2D eigenvalue weighted by atomic mass is 10.0. The molecule has 1 atom stereocenters. The fourth-order valence-electron chi connectivity index (χ4n) is 1.75. The molecule has 0 heterocycles. The molecule has 0 aromatic heterocycles. The molecule has 0 spiro atoms. The maximum atomic E-state index is 3.78. The van der Waals surface area contributed by atoms with Gasteiger partial charge in [-0.15, -0.1) is 0 Å². The van der Waals surface area contributed by atoms with Crippen molar-refractivity contribution in [2.24, 2.45) is 0 Å². The molecule has 2 rings (SSSR count). The van der Waals surface area contributed by atoms with Gasteiger partial charge in [0.05, 0.1) is 4.83 Å². The maximum Gasteiger partial charge on any atom is 0.0658 e. The van der Waals surface area contributed by atoms with E-state index in [1.807, 2.05) is 6.07 Å². The Morgan fingerprint density at radius 1 is 0.941 bits per heavy atom. The summed E-state index contributed by atoms with van der Waals surface area (Å²) in [4.78, 5) is 0.204. The monoisotopic (exact) mass is 416 g/mol. The number of halogens is 3. The molecule has 0 aliphatic heterocycles. The number of rotatable bonds is 2. The van der Waals surface area contributed by atoms with Gasteiger partial charge in [0.15, 0.2) is 0 Å². The van der Waals surface area contributed by atoms with Crippen molar-refractivity contribution in [3.8, 4) is 0 Å². The second-order valence-corrected chi connectivity index (χ2v) is 6.57. The molecule has 0 amide bonds. The molecule has 17 heavy (non-hydrogen) atoms. The summed E-state index contributed by atoms with van der Waals surface area (Å²) >= 11 is 10.9. The summed E-state index contributed by atoms with van der Waals surface area (Å²) in [5.74, 6) is 0. The first kappa shape index (κ1) is 13.3. The van der Waals surface area contributed by atoms with Gasteiger partial charge in [-0.2, -0.15) is 0 Å². The molecule has 0 aliphatic rings. The first-order chi connectivity index (χ1) is 8.09. The topological polar surface area (TPSA) is 0 Å².